The van der Waals surface area contributed by atoms with Gasteiger partial charge in [0.05, 0.1) is 16.1 Å². The molecule has 2 aromatic carbocycles. The molecule has 8 nitrogen and oxygen atoms in total. The summed E-state index contributed by atoms with van der Waals surface area (Å²) in [7, 11) is -3.78. The van der Waals surface area contributed by atoms with Crippen LogP contribution >= 0.6 is 0 Å². The van der Waals surface area contributed by atoms with Gasteiger partial charge in [0.25, 0.3) is 10.0 Å². The van der Waals surface area contributed by atoms with Crippen molar-refractivity contribution in [3.8, 4) is 0 Å². The number of halogens is 3. The Morgan fingerprint density at radius 3 is 2.15 bits per heavy atom. The van der Waals surface area contributed by atoms with E-state index in [0.29, 0.717) is 11.6 Å². The second-order valence-corrected chi connectivity index (χ2v) is 9.61. The molecule has 1 fully saturated rings. The smallest absolute Gasteiger partial charge is 0.478 e. The molecular formula is C22H25F3N2O6S. The Morgan fingerprint density at radius 2 is 1.65 bits per heavy atom. The zero-order valence-corrected chi connectivity index (χ0v) is 19.3. The fourth-order valence-electron chi connectivity index (χ4n) is 3.29. The minimum Gasteiger partial charge on any atom is -0.478 e. The van der Waals surface area contributed by atoms with Gasteiger partial charge in [-0.05, 0) is 61.6 Å². The van der Waals surface area contributed by atoms with E-state index in [2.05, 4.69) is 16.5 Å². The predicted octanol–water partition coefficient (Wildman–Crippen LogP) is 4.36. The first-order valence-electron chi connectivity index (χ1n) is 10.2. The second-order valence-electron chi connectivity index (χ2n) is 7.93. The third-order valence-electron chi connectivity index (χ3n) is 5.15. The summed E-state index contributed by atoms with van der Waals surface area (Å²) in [6.45, 7) is 5.61. The molecule has 0 aromatic heterocycles. The van der Waals surface area contributed by atoms with Crippen LogP contribution in [0.4, 0.5) is 24.5 Å². The number of nitrogens with one attached hydrogen (secondary N) is 1. The van der Waals surface area contributed by atoms with Crippen molar-refractivity contribution in [2.24, 2.45) is 5.92 Å². The Labute approximate surface area is 195 Å². The first-order valence-corrected chi connectivity index (χ1v) is 11.7. The van der Waals surface area contributed by atoms with Gasteiger partial charge in [0.2, 0.25) is 0 Å². The number of nitrogens with zero attached hydrogens (tertiary/aromatic N) is 1. The zero-order chi connectivity index (χ0) is 25.7. The highest BCUT2D eigenvalue weighted by atomic mass is 32.2. The number of aliphatic carboxylic acids is 1. The average molecular weight is 503 g/mol. The summed E-state index contributed by atoms with van der Waals surface area (Å²) < 4.78 is 59.4. The van der Waals surface area contributed by atoms with E-state index in [9.17, 15) is 31.5 Å². The zero-order valence-electron chi connectivity index (χ0n) is 18.5. The minimum absolute atomic E-state index is 0.106. The van der Waals surface area contributed by atoms with Crippen molar-refractivity contribution in [1.82, 2.24) is 0 Å². The number of carbonyl (C=O) groups is 2. The molecule has 0 atom stereocenters. The van der Waals surface area contributed by atoms with E-state index in [1.807, 2.05) is 13.0 Å². The van der Waals surface area contributed by atoms with Crippen LogP contribution in [0.25, 0.3) is 0 Å². The van der Waals surface area contributed by atoms with E-state index in [-0.39, 0.29) is 16.1 Å². The molecule has 0 unspecified atom stereocenters. The number of anilines is 2. The van der Waals surface area contributed by atoms with Crippen molar-refractivity contribution in [3.63, 3.8) is 0 Å². The number of aryl methyl sites for hydroxylation is 1. The van der Waals surface area contributed by atoms with Gasteiger partial charge in [0.15, 0.2) is 0 Å². The van der Waals surface area contributed by atoms with Crippen LogP contribution in [0.5, 0.6) is 0 Å². The Bertz CT molecular complexity index is 1140. The molecule has 2 aromatic rings. The summed E-state index contributed by atoms with van der Waals surface area (Å²) in [6, 6.07) is 11.3. The van der Waals surface area contributed by atoms with Crippen LogP contribution in [-0.4, -0.2) is 49.8 Å². The van der Waals surface area contributed by atoms with Gasteiger partial charge < -0.3 is 15.1 Å². The lowest BCUT2D eigenvalue weighted by atomic mass is 9.98. The number of hydrogen-bond acceptors (Lipinski definition) is 5. The maximum Gasteiger partial charge on any atom is 0.490 e. The highest BCUT2D eigenvalue weighted by Gasteiger charge is 2.38. The number of sulfonamides is 1. The van der Waals surface area contributed by atoms with Gasteiger partial charge in [-0.1, -0.05) is 19.1 Å². The lowest BCUT2D eigenvalue weighted by molar-refractivity contribution is -0.192. The number of carboxylic acid groups (broad SMARTS) is 2. The fraction of sp³-hybridized carbons (Fsp3) is 0.364. The van der Waals surface area contributed by atoms with Crippen molar-refractivity contribution < 1.29 is 41.4 Å². The van der Waals surface area contributed by atoms with Crippen LogP contribution in [0.15, 0.2) is 47.4 Å². The van der Waals surface area contributed by atoms with Crippen molar-refractivity contribution in [3.05, 3.63) is 53.6 Å². The van der Waals surface area contributed by atoms with E-state index in [1.54, 1.807) is 24.3 Å². The second kappa shape index (κ2) is 10.8. The van der Waals surface area contributed by atoms with E-state index in [0.717, 1.165) is 31.5 Å². The largest absolute Gasteiger partial charge is 0.490 e. The van der Waals surface area contributed by atoms with Crippen LogP contribution in [0.3, 0.4) is 0 Å². The Morgan fingerprint density at radius 1 is 1.06 bits per heavy atom. The van der Waals surface area contributed by atoms with Crippen molar-refractivity contribution >= 4 is 33.3 Å². The monoisotopic (exact) mass is 502 g/mol. The van der Waals surface area contributed by atoms with Gasteiger partial charge in [-0.25, -0.2) is 18.0 Å². The van der Waals surface area contributed by atoms with E-state index < -0.39 is 28.1 Å². The van der Waals surface area contributed by atoms with Crippen molar-refractivity contribution in [1.29, 1.82) is 0 Å². The van der Waals surface area contributed by atoms with Crippen LogP contribution in [0, 0.1) is 12.8 Å². The molecule has 0 radical (unpaired) electrons. The number of piperidine rings is 1. The standard InChI is InChI=1S/C20H24N2O4S.C2HF3O2/c1-14-8-10-22(11-9-14)19-7-6-16(13-18(19)20(23)24)21-27(25,26)17-5-3-4-15(2)12-17;3-2(4,5)1(6)7/h3-7,12-14,21H,8-11H2,1-2H3,(H,23,24);(H,6,7). The van der Waals surface area contributed by atoms with Gasteiger partial charge in [-0.15, -0.1) is 0 Å². The lowest BCUT2D eigenvalue weighted by Crippen LogP contribution is -2.33. The first-order chi connectivity index (χ1) is 15.7. The fourth-order valence-corrected chi connectivity index (χ4v) is 4.45. The molecule has 0 spiro atoms. The molecule has 3 rings (SSSR count). The Balaban J connectivity index is 0.000000509. The van der Waals surface area contributed by atoms with Crippen LogP contribution in [0.1, 0.15) is 35.7 Å². The average Bonchev–Trinajstić information content (AvgIpc) is 2.74. The number of aromatic carboxylic acids is 1. The van der Waals surface area contributed by atoms with Gasteiger partial charge in [0.1, 0.15) is 0 Å². The topological polar surface area (TPSA) is 124 Å². The summed E-state index contributed by atoms with van der Waals surface area (Å²) in [6.07, 6.45) is -3.05. The van der Waals surface area contributed by atoms with Crippen molar-refractivity contribution in [2.45, 2.75) is 37.8 Å². The maximum atomic E-state index is 12.6. The molecule has 0 saturated carbocycles. The molecule has 186 valence electrons. The maximum absolute atomic E-state index is 12.6. The SMILES string of the molecule is Cc1cccc(S(=O)(=O)Nc2ccc(N3CCC(C)CC3)c(C(=O)O)c2)c1.O=C(O)C(F)(F)F. The first kappa shape index (κ1) is 27.0. The van der Waals surface area contributed by atoms with Crippen LogP contribution < -0.4 is 9.62 Å². The minimum atomic E-state index is -5.08. The normalized spacial score (nSPS) is 14.7. The summed E-state index contributed by atoms with van der Waals surface area (Å²) in [4.78, 5) is 22.9. The molecule has 1 aliphatic heterocycles. The molecular weight excluding hydrogens is 477 g/mol. The van der Waals surface area contributed by atoms with E-state index in [4.69, 9.17) is 9.90 Å². The highest BCUT2D eigenvalue weighted by Crippen LogP contribution is 2.29. The molecule has 12 heteroatoms. The predicted molar refractivity (Wildman–Crippen MR) is 120 cm³/mol. The van der Waals surface area contributed by atoms with Crippen LogP contribution in [0.2, 0.25) is 0 Å². The summed E-state index contributed by atoms with van der Waals surface area (Å²) in [5.41, 5.74) is 1.81. The summed E-state index contributed by atoms with van der Waals surface area (Å²) >= 11 is 0. The molecule has 0 aliphatic carbocycles. The molecule has 0 amide bonds. The Hall–Kier alpha value is -3.28. The van der Waals surface area contributed by atoms with E-state index in [1.165, 1.54) is 12.1 Å². The number of hydrogen-bond donors (Lipinski definition) is 3. The quantitative estimate of drug-likeness (QED) is 0.555. The van der Waals surface area contributed by atoms with Crippen molar-refractivity contribution in [2.75, 3.05) is 22.7 Å². The summed E-state index contributed by atoms with van der Waals surface area (Å²) in [5, 5.41) is 16.7. The molecule has 1 aliphatic rings. The summed E-state index contributed by atoms with van der Waals surface area (Å²) in [5.74, 6) is -3.19. The third-order valence-corrected chi connectivity index (χ3v) is 6.52. The molecule has 1 heterocycles. The molecule has 0 bridgehead atoms. The van der Waals surface area contributed by atoms with Gasteiger partial charge in [-0.2, -0.15) is 13.2 Å². The van der Waals surface area contributed by atoms with Gasteiger partial charge in [0, 0.05) is 18.8 Å². The number of rotatable bonds is 5. The number of benzene rings is 2. The molecule has 34 heavy (non-hydrogen) atoms. The molecule has 3 N–H and O–H groups in total. The number of alkyl halides is 3. The Kier molecular flexibility index (Phi) is 8.54. The van der Waals surface area contributed by atoms with Gasteiger partial charge >= 0.3 is 18.1 Å². The highest BCUT2D eigenvalue weighted by molar-refractivity contribution is 7.92. The van der Waals surface area contributed by atoms with E-state index >= 15 is 0 Å². The molecule has 1 saturated heterocycles. The van der Waals surface area contributed by atoms with Crippen LogP contribution in [-0.2, 0) is 14.8 Å². The number of carboxylic acids is 2. The lowest BCUT2D eigenvalue weighted by Gasteiger charge is -2.33. The van der Waals surface area contributed by atoms with Gasteiger partial charge in [-0.3, -0.25) is 4.72 Å². The third kappa shape index (κ3) is 7.37.